The van der Waals surface area contributed by atoms with Crippen LogP contribution in [0.5, 0.6) is 5.75 Å². The molecule has 2 heterocycles. The molecule has 0 aliphatic carbocycles. The van der Waals surface area contributed by atoms with Crippen LogP contribution >= 0.6 is 11.6 Å². The van der Waals surface area contributed by atoms with Crippen LogP contribution in [0.2, 0.25) is 5.15 Å². The Morgan fingerprint density at radius 2 is 1.89 bits per heavy atom. The van der Waals surface area contributed by atoms with Crippen LogP contribution in [0.3, 0.4) is 0 Å². The molecule has 90 valence electrons. The molecule has 3 aromatic rings. The number of hydrogen-bond acceptors (Lipinski definition) is 4. The van der Waals surface area contributed by atoms with Gasteiger partial charge >= 0.3 is 0 Å². The summed E-state index contributed by atoms with van der Waals surface area (Å²) in [4.78, 5) is 8.00. The number of fused-ring (bicyclic) bond motifs is 1. The van der Waals surface area contributed by atoms with Crippen molar-refractivity contribution in [2.75, 3.05) is 0 Å². The molecule has 0 aliphatic heterocycles. The summed E-state index contributed by atoms with van der Waals surface area (Å²) >= 11 is 6.04. The normalized spacial score (nSPS) is 11.0. The minimum atomic E-state index is 0.213. The number of aromatic hydroxyl groups is 1. The molecule has 4 nitrogen and oxygen atoms in total. The zero-order valence-electron chi connectivity index (χ0n) is 9.51. The first kappa shape index (κ1) is 11.0. The summed E-state index contributed by atoms with van der Waals surface area (Å²) in [5.74, 6) is 0.901. The van der Waals surface area contributed by atoms with Crippen molar-refractivity contribution in [3.63, 3.8) is 0 Å². The van der Waals surface area contributed by atoms with Crippen molar-refractivity contribution in [3.8, 4) is 17.1 Å². The first-order chi connectivity index (χ1) is 8.66. The third-order valence-corrected chi connectivity index (χ3v) is 3.10. The number of nitrogens with zero attached hydrogens (tertiary/aromatic N) is 2. The molecule has 3 rings (SSSR count). The lowest BCUT2D eigenvalue weighted by Gasteiger charge is -1.98. The van der Waals surface area contributed by atoms with Crippen LogP contribution in [-0.2, 0) is 0 Å². The smallest absolute Gasteiger partial charge is 0.231 e. The number of halogens is 1. The first-order valence-electron chi connectivity index (χ1n) is 5.36. The second-order valence-corrected chi connectivity index (χ2v) is 4.31. The fraction of sp³-hybridized carbons (Fsp3) is 0.0769. The Morgan fingerprint density at radius 1 is 1.17 bits per heavy atom. The molecule has 0 spiro atoms. The van der Waals surface area contributed by atoms with Gasteiger partial charge in [0.1, 0.15) is 23.0 Å². The highest BCUT2D eigenvalue weighted by molar-refractivity contribution is 6.34. The van der Waals surface area contributed by atoms with E-state index in [0.29, 0.717) is 16.6 Å². The summed E-state index contributed by atoms with van der Waals surface area (Å²) in [6.07, 6.45) is 1.37. The van der Waals surface area contributed by atoms with Gasteiger partial charge in [0.05, 0.1) is 5.39 Å². The van der Waals surface area contributed by atoms with Crippen LogP contribution in [0.15, 0.2) is 35.0 Å². The second kappa shape index (κ2) is 3.99. The monoisotopic (exact) mass is 260 g/mol. The van der Waals surface area contributed by atoms with Crippen LogP contribution in [0.4, 0.5) is 0 Å². The number of benzene rings is 1. The van der Waals surface area contributed by atoms with E-state index in [2.05, 4.69) is 9.97 Å². The van der Waals surface area contributed by atoms with Crippen molar-refractivity contribution >= 4 is 22.7 Å². The number of aromatic nitrogens is 2. The average molecular weight is 261 g/mol. The van der Waals surface area contributed by atoms with Gasteiger partial charge in [-0.15, -0.1) is 0 Å². The van der Waals surface area contributed by atoms with Gasteiger partial charge in [-0.3, -0.25) is 0 Å². The van der Waals surface area contributed by atoms with Gasteiger partial charge < -0.3 is 9.52 Å². The molecule has 0 bridgehead atoms. The van der Waals surface area contributed by atoms with Crippen molar-refractivity contribution < 1.29 is 9.52 Å². The molecule has 1 aromatic carbocycles. The second-order valence-electron chi connectivity index (χ2n) is 3.95. The van der Waals surface area contributed by atoms with Crippen LogP contribution in [-0.4, -0.2) is 15.1 Å². The molecule has 0 atom stereocenters. The zero-order chi connectivity index (χ0) is 12.7. The van der Waals surface area contributed by atoms with E-state index >= 15 is 0 Å². The van der Waals surface area contributed by atoms with Gasteiger partial charge in [-0.1, -0.05) is 11.6 Å². The Morgan fingerprint density at radius 3 is 2.56 bits per heavy atom. The van der Waals surface area contributed by atoms with E-state index in [1.165, 1.54) is 6.33 Å². The maximum atomic E-state index is 9.28. The fourth-order valence-electron chi connectivity index (χ4n) is 1.92. The molecule has 0 unspecified atom stereocenters. The summed E-state index contributed by atoms with van der Waals surface area (Å²) < 4.78 is 5.69. The first-order valence-corrected chi connectivity index (χ1v) is 5.73. The summed E-state index contributed by atoms with van der Waals surface area (Å²) in [5.41, 5.74) is 2.22. The summed E-state index contributed by atoms with van der Waals surface area (Å²) in [5, 5.41) is 10.4. The minimum absolute atomic E-state index is 0.213. The lowest BCUT2D eigenvalue weighted by atomic mass is 10.1. The van der Waals surface area contributed by atoms with Gasteiger partial charge in [-0.25, -0.2) is 9.97 Å². The average Bonchev–Trinajstić information content (AvgIpc) is 2.69. The number of aryl methyl sites for hydroxylation is 1. The van der Waals surface area contributed by atoms with Gasteiger partial charge in [0, 0.05) is 11.1 Å². The van der Waals surface area contributed by atoms with E-state index in [9.17, 15) is 5.11 Å². The Bertz CT molecular complexity index is 720. The van der Waals surface area contributed by atoms with Gasteiger partial charge in [0.15, 0.2) is 0 Å². The molecule has 18 heavy (non-hydrogen) atoms. The van der Waals surface area contributed by atoms with E-state index in [1.54, 1.807) is 24.3 Å². The molecule has 0 fully saturated rings. The number of hydrogen-bond donors (Lipinski definition) is 1. The summed E-state index contributed by atoms with van der Waals surface area (Å²) in [6.45, 7) is 1.91. The van der Waals surface area contributed by atoms with Gasteiger partial charge in [0.2, 0.25) is 5.71 Å². The van der Waals surface area contributed by atoms with Crippen molar-refractivity contribution in [1.29, 1.82) is 0 Å². The highest BCUT2D eigenvalue weighted by Gasteiger charge is 2.16. The van der Waals surface area contributed by atoms with Crippen molar-refractivity contribution in [3.05, 3.63) is 41.3 Å². The SMILES string of the molecule is Cc1c(-c2ccc(O)cc2)oc2ncnc(Cl)c12. The fourth-order valence-corrected chi connectivity index (χ4v) is 2.18. The predicted molar refractivity (Wildman–Crippen MR) is 68.7 cm³/mol. The van der Waals surface area contributed by atoms with E-state index in [-0.39, 0.29) is 5.75 Å². The molecule has 5 heteroatoms. The third kappa shape index (κ3) is 1.62. The Labute approximate surface area is 108 Å². The molecular formula is C13H9ClN2O2. The Hall–Kier alpha value is -2.07. The largest absolute Gasteiger partial charge is 0.508 e. The van der Waals surface area contributed by atoms with E-state index in [1.807, 2.05) is 6.92 Å². The number of phenolic OH excluding ortho intramolecular Hbond substituents is 1. The van der Waals surface area contributed by atoms with E-state index < -0.39 is 0 Å². The van der Waals surface area contributed by atoms with Gasteiger partial charge in [-0.2, -0.15) is 0 Å². The highest BCUT2D eigenvalue weighted by Crippen LogP contribution is 2.35. The molecule has 2 aromatic heterocycles. The van der Waals surface area contributed by atoms with Crippen molar-refractivity contribution in [1.82, 2.24) is 9.97 Å². The Kier molecular flexibility index (Phi) is 2.45. The summed E-state index contributed by atoms with van der Waals surface area (Å²) in [7, 11) is 0. The standard InChI is InChI=1S/C13H9ClN2O2/c1-7-10-12(14)15-6-16-13(10)18-11(7)8-2-4-9(17)5-3-8/h2-6,17H,1H3. The maximum absolute atomic E-state index is 9.28. The number of phenols is 1. The molecule has 0 saturated carbocycles. The molecule has 0 saturated heterocycles. The maximum Gasteiger partial charge on any atom is 0.231 e. The van der Waals surface area contributed by atoms with E-state index in [4.69, 9.17) is 16.0 Å². The predicted octanol–water partition coefficient (Wildman–Crippen LogP) is 3.56. The highest BCUT2D eigenvalue weighted by atomic mass is 35.5. The number of furan rings is 1. The molecule has 0 aliphatic rings. The van der Waals surface area contributed by atoms with Crippen LogP contribution in [0.1, 0.15) is 5.56 Å². The molecule has 0 radical (unpaired) electrons. The molecular weight excluding hydrogens is 252 g/mol. The lowest BCUT2D eigenvalue weighted by Crippen LogP contribution is -1.80. The lowest BCUT2D eigenvalue weighted by molar-refractivity contribution is 0.475. The van der Waals surface area contributed by atoms with Crippen LogP contribution in [0, 0.1) is 6.92 Å². The van der Waals surface area contributed by atoms with Crippen molar-refractivity contribution in [2.24, 2.45) is 0 Å². The molecule has 1 N–H and O–H groups in total. The van der Waals surface area contributed by atoms with Gasteiger partial charge in [-0.05, 0) is 31.2 Å². The summed E-state index contributed by atoms with van der Waals surface area (Å²) in [6, 6.07) is 6.77. The Balaban J connectivity index is 2.27. The minimum Gasteiger partial charge on any atom is -0.508 e. The van der Waals surface area contributed by atoms with Crippen molar-refractivity contribution in [2.45, 2.75) is 6.92 Å². The molecule has 0 amide bonds. The van der Waals surface area contributed by atoms with Gasteiger partial charge in [0.25, 0.3) is 0 Å². The van der Waals surface area contributed by atoms with Crippen LogP contribution in [0.25, 0.3) is 22.4 Å². The third-order valence-electron chi connectivity index (χ3n) is 2.81. The quantitative estimate of drug-likeness (QED) is 0.680. The van der Waals surface area contributed by atoms with E-state index in [0.717, 1.165) is 16.5 Å². The topological polar surface area (TPSA) is 59.2 Å². The van der Waals surface area contributed by atoms with Crippen LogP contribution < -0.4 is 0 Å². The zero-order valence-corrected chi connectivity index (χ0v) is 10.3. The number of rotatable bonds is 1.